The Hall–Kier alpha value is -3.12. The van der Waals surface area contributed by atoms with Crippen molar-refractivity contribution >= 4 is 46.2 Å². The van der Waals surface area contributed by atoms with Gasteiger partial charge in [0.25, 0.3) is 11.6 Å². The maximum Gasteiger partial charge on any atom is 0.372 e. The molecule has 0 saturated heterocycles. The number of H-pyrrole nitrogens is 1. The molecule has 0 atom stereocenters. The topological polar surface area (TPSA) is 82.4 Å². The number of aromatic hydroxyl groups is 1. The summed E-state index contributed by atoms with van der Waals surface area (Å²) in [5, 5.41) is 11.5. The molecule has 0 radical (unpaired) electrons. The van der Waals surface area contributed by atoms with Gasteiger partial charge in [-0.25, -0.2) is 4.79 Å². The second kappa shape index (κ2) is 8.71. The van der Waals surface area contributed by atoms with Crippen LogP contribution < -0.4 is 0 Å². The number of hydrogen-bond donors (Lipinski definition) is 2. The fourth-order valence-electron chi connectivity index (χ4n) is 2.97. The van der Waals surface area contributed by atoms with Gasteiger partial charge in [0.2, 0.25) is 6.54 Å². The van der Waals surface area contributed by atoms with Crippen molar-refractivity contribution in [2.75, 3.05) is 13.2 Å². The number of nitrogens with one attached hydrogen (secondary N) is 1. The van der Waals surface area contributed by atoms with Crippen LogP contribution in [0, 0.1) is 0 Å². The largest absolute Gasteiger partial charge is 0.490 e. The van der Waals surface area contributed by atoms with Crippen LogP contribution in [0.4, 0.5) is 5.69 Å². The molecule has 0 bridgehead atoms. The SMILES string of the molecule is CCOC(=O)C[N+](=CCC(=O)c1ccccc1Cl)c1c(O)[nH]c2ccccc12. The zero-order chi connectivity index (χ0) is 20.1. The van der Waals surface area contributed by atoms with Gasteiger partial charge < -0.3 is 14.8 Å². The lowest BCUT2D eigenvalue weighted by molar-refractivity contribution is -0.426. The first kappa shape index (κ1) is 19.6. The zero-order valence-corrected chi connectivity index (χ0v) is 16.1. The molecule has 7 heteroatoms. The van der Waals surface area contributed by atoms with E-state index < -0.39 is 5.97 Å². The third-order valence-corrected chi connectivity index (χ3v) is 4.55. The summed E-state index contributed by atoms with van der Waals surface area (Å²) >= 11 is 6.10. The minimum Gasteiger partial charge on any atom is -0.490 e. The number of esters is 1. The fraction of sp³-hybridized carbons (Fsp3) is 0.190. The molecule has 6 nitrogen and oxygen atoms in total. The van der Waals surface area contributed by atoms with E-state index in [1.54, 1.807) is 37.4 Å². The van der Waals surface area contributed by atoms with E-state index in [0.29, 0.717) is 16.3 Å². The number of benzene rings is 2. The van der Waals surface area contributed by atoms with Crippen molar-refractivity contribution in [2.45, 2.75) is 13.3 Å². The zero-order valence-electron chi connectivity index (χ0n) is 15.3. The van der Waals surface area contributed by atoms with Gasteiger partial charge in [0.1, 0.15) is 0 Å². The summed E-state index contributed by atoms with van der Waals surface area (Å²) in [6.07, 6.45) is 1.57. The molecule has 144 valence electrons. The van der Waals surface area contributed by atoms with Crippen molar-refractivity contribution in [3.63, 3.8) is 0 Å². The van der Waals surface area contributed by atoms with Crippen LogP contribution in [-0.4, -0.2) is 45.8 Å². The summed E-state index contributed by atoms with van der Waals surface area (Å²) in [5.41, 5.74) is 1.53. The van der Waals surface area contributed by atoms with Gasteiger partial charge in [-0.3, -0.25) is 4.79 Å². The van der Waals surface area contributed by atoms with E-state index in [2.05, 4.69) is 4.98 Å². The number of aromatic amines is 1. The third kappa shape index (κ3) is 4.23. The molecule has 0 aliphatic heterocycles. The third-order valence-electron chi connectivity index (χ3n) is 4.22. The number of Topliss-reactive ketones (excluding diaryl/α,β-unsaturated/α-hetero) is 1. The van der Waals surface area contributed by atoms with Gasteiger partial charge in [-0.2, -0.15) is 4.58 Å². The van der Waals surface area contributed by atoms with E-state index in [1.807, 2.05) is 24.3 Å². The van der Waals surface area contributed by atoms with Gasteiger partial charge in [0, 0.05) is 5.56 Å². The number of ether oxygens (including phenoxy) is 1. The van der Waals surface area contributed by atoms with Crippen molar-refractivity contribution in [1.29, 1.82) is 0 Å². The quantitative estimate of drug-likeness (QED) is 0.271. The number of carbonyl (C=O) groups is 2. The molecular formula is C21H20ClN2O4+. The molecule has 2 aromatic carbocycles. The normalized spacial score (nSPS) is 11.6. The number of hydrogen-bond acceptors (Lipinski definition) is 4. The Balaban J connectivity index is 1.98. The number of rotatable bonds is 7. The summed E-state index contributed by atoms with van der Waals surface area (Å²) in [4.78, 5) is 27.5. The molecule has 28 heavy (non-hydrogen) atoms. The van der Waals surface area contributed by atoms with Crippen LogP contribution in [0.1, 0.15) is 23.7 Å². The van der Waals surface area contributed by atoms with E-state index in [1.165, 1.54) is 4.58 Å². The minimum absolute atomic E-state index is 0.00207. The number of ketones is 1. The first-order valence-corrected chi connectivity index (χ1v) is 9.22. The van der Waals surface area contributed by atoms with E-state index in [0.717, 1.165) is 10.9 Å². The summed E-state index contributed by atoms with van der Waals surface area (Å²) in [7, 11) is 0. The molecule has 3 aromatic rings. The summed E-state index contributed by atoms with van der Waals surface area (Å²) in [6.45, 7) is 1.82. The van der Waals surface area contributed by atoms with Gasteiger partial charge in [0.05, 0.1) is 29.0 Å². The lowest BCUT2D eigenvalue weighted by Crippen LogP contribution is -2.21. The Morgan fingerprint density at radius 2 is 1.89 bits per heavy atom. The van der Waals surface area contributed by atoms with Gasteiger partial charge in [-0.15, -0.1) is 0 Å². The number of halogens is 1. The predicted octanol–water partition coefficient (Wildman–Crippen LogP) is 4.08. The average Bonchev–Trinajstić information content (AvgIpc) is 3.01. The second-order valence-electron chi connectivity index (χ2n) is 6.09. The number of carbonyl (C=O) groups excluding carboxylic acids is 2. The highest BCUT2D eigenvalue weighted by Gasteiger charge is 2.25. The number of aromatic nitrogens is 1. The Morgan fingerprint density at radius 1 is 1.18 bits per heavy atom. The van der Waals surface area contributed by atoms with Crippen LogP contribution in [0.3, 0.4) is 0 Å². The van der Waals surface area contributed by atoms with Gasteiger partial charge in [0.15, 0.2) is 12.0 Å². The Kier molecular flexibility index (Phi) is 6.11. The maximum absolute atomic E-state index is 12.6. The summed E-state index contributed by atoms with van der Waals surface area (Å²) < 4.78 is 6.56. The summed E-state index contributed by atoms with van der Waals surface area (Å²) in [5.74, 6) is -0.751. The first-order valence-electron chi connectivity index (χ1n) is 8.84. The van der Waals surface area contributed by atoms with Gasteiger partial charge in [-0.05, 0) is 31.2 Å². The van der Waals surface area contributed by atoms with Crippen molar-refractivity contribution in [3.8, 4) is 5.88 Å². The van der Waals surface area contributed by atoms with Crippen LogP contribution in [0.15, 0.2) is 48.5 Å². The van der Waals surface area contributed by atoms with Crippen LogP contribution in [0.25, 0.3) is 10.9 Å². The Bertz CT molecular complexity index is 1060. The van der Waals surface area contributed by atoms with Gasteiger partial charge in [-0.1, -0.05) is 35.9 Å². The smallest absolute Gasteiger partial charge is 0.372 e. The molecule has 0 saturated carbocycles. The van der Waals surface area contributed by atoms with E-state index in [9.17, 15) is 14.7 Å². The molecule has 0 spiro atoms. The van der Waals surface area contributed by atoms with Crippen molar-refractivity contribution in [2.24, 2.45) is 0 Å². The Labute approximate surface area is 167 Å². The maximum atomic E-state index is 12.6. The molecule has 1 heterocycles. The lowest BCUT2D eigenvalue weighted by Gasteiger charge is -2.04. The highest BCUT2D eigenvalue weighted by atomic mass is 35.5. The van der Waals surface area contributed by atoms with Crippen LogP contribution in [-0.2, 0) is 9.53 Å². The molecule has 1 aromatic heterocycles. The minimum atomic E-state index is -0.464. The van der Waals surface area contributed by atoms with Crippen LogP contribution in [0.5, 0.6) is 5.88 Å². The van der Waals surface area contributed by atoms with E-state index in [-0.39, 0.29) is 31.2 Å². The van der Waals surface area contributed by atoms with Gasteiger partial charge >= 0.3 is 5.97 Å². The molecule has 2 N–H and O–H groups in total. The standard InChI is InChI=1S/C21H19ClN2O4/c1-2-28-19(26)13-24(12-11-18(25)14-7-3-5-9-16(14)22)20-15-8-4-6-10-17(15)23-21(20)27/h3-10,12,23H,2,11,13H2,1H3/p+1. The molecule has 0 fully saturated rings. The van der Waals surface area contributed by atoms with E-state index >= 15 is 0 Å². The molecular weight excluding hydrogens is 380 g/mol. The fourth-order valence-corrected chi connectivity index (χ4v) is 3.22. The first-order chi connectivity index (χ1) is 13.5. The highest BCUT2D eigenvalue weighted by molar-refractivity contribution is 6.34. The van der Waals surface area contributed by atoms with Crippen LogP contribution in [0.2, 0.25) is 5.02 Å². The summed E-state index contributed by atoms with van der Waals surface area (Å²) in [6, 6.07) is 14.1. The number of fused-ring (bicyclic) bond motifs is 1. The second-order valence-corrected chi connectivity index (χ2v) is 6.50. The van der Waals surface area contributed by atoms with Crippen molar-refractivity contribution in [3.05, 3.63) is 59.1 Å². The monoisotopic (exact) mass is 399 g/mol. The predicted molar refractivity (Wildman–Crippen MR) is 108 cm³/mol. The molecule has 0 aliphatic carbocycles. The molecule has 0 unspecified atom stereocenters. The Morgan fingerprint density at radius 3 is 2.64 bits per heavy atom. The number of para-hydroxylation sites is 1. The molecule has 0 aliphatic rings. The van der Waals surface area contributed by atoms with Crippen LogP contribution >= 0.6 is 11.6 Å². The average molecular weight is 400 g/mol. The molecule has 0 amide bonds. The highest BCUT2D eigenvalue weighted by Crippen LogP contribution is 2.34. The lowest BCUT2D eigenvalue weighted by atomic mass is 10.1. The van der Waals surface area contributed by atoms with E-state index in [4.69, 9.17) is 16.3 Å². The molecule has 3 rings (SSSR count). The number of nitrogens with zero attached hydrogens (tertiary/aromatic N) is 1. The van der Waals surface area contributed by atoms with Crippen molar-refractivity contribution < 1.29 is 24.0 Å². The van der Waals surface area contributed by atoms with Crippen molar-refractivity contribution in [1.82, 2.24) is 4.98 Å².